The Labute approximate surface area is 133 Å². The van der Waals surface area contributed by atoms with E-state index in [9.17, 15) is 19.3 Å². The predicted octanol–water partition coefficient (Wildman–Crippen LogP) is -1.13. The Morgan fingerprint density at radius 3 is 2.13 bits per heavy atom. The van der Waals surface area contributed by atoms with Gasteiger partial charge >= 0.3 is 15.2 Å². The molecule has 0 aromatic carbocycles. The minimum atomic E-state index is -5.52. The molecule has 0 saturated carbocycles. The molecule has 0 aromatic heterocycles. The van der Waals surface area contributed by atoms with Crippen molar-refractivity contribution >= 4 is 21.9 Å². The summed E-state index contributed by atoms with van der Waals surface area (Å²) in [6.07, 6.45) is 2.08. The molecule has 0 aromatic rings. The van der Waals surface area contributed by atoms with Crippen LogP contribution in [0.25, 0.3) is 0 Å². The number of nitrogens with two attached hydrogens (primary N) is 1. The van der Waals surface area contributed by atoms with Gasteiger partial charge in [0.2, 0.25) is 0 Å². The molecule has 0 radical (unpaired) electrons. The highest BCUT2D eigenvalue weighted by atomic mass is 31.2. The fourth-order valence-corrected chi connectivity index (χ4v) is 3.65. The van der Waals surface area contributed by atoms with E-state index in [1.54, 1.807) is 0 Å². The summed E-state index contributed by atoms with van der Waals surface area (Å²) in [5.41, 5.74) is 5.29. The fourth-order valence-electron chi connectivity index (χ4n) is 1.51. The molecule has 0 amide bonds. The first-order valence-electron chi connectivity index (χ1n) is 6.40. The summed E-state index contributed by atoms with van der Waals surface area (Å²) in [5, 5.41) is 15.7. The zero-order chi connectivity index (χ0) is 18.5. The summed E-state index contributed by atoms with van der Waals surface area (Å²) >= 11 is 0. The normalized spacial score (nSPS) is 15.9. The third-order valence-electron chi connectivity index (χ3n) is 2.96. The molecular weight excluding hydrogens is 350 g/mol. The van der Waals surface area contributed by atoms with E-state index < -0.39 is 32.8 Å². The third-order valence-corrected chi connectivity index (χ3v) is 6.71. The Morgan fingerprint density at radius 2 is 1.78 bits per heavy atom. The number of hydrogen-bond acceptors (Lipinski definition) is 5. The van der Waals surface area contributed by atoms with E-state index in [1.165, 1.54) is 29.9 Å². The number of aliphatic hydroxyl groups excluding tert-OH is 1. The molecule has 8 N–H and O–H groups in total. The molecule has 0 spiro atoms. The van der Waals surface area contributed by atoms with Crippen LogP contribution in [-0.4, -0.2) is 65.4 Å². The van der Waals surface area contributed by atoms with E-state index >= 15 is 0 Å². The molecule has 0 aliphatic heterocycles. The molecule has 1 unspecified atom stereocenters. The molecule has 1 atom stereocenters. The Bertz CT molecular complexity index is 555. The van der Waals surface area contributed by atoms with E-state index in [1.807, 2.05) is 0 Å². The van der Waals surface area contributed by atoms with Crippen LogP contribution in [0.3, 0.4) is 0 Å². The van der Waals surface area contributed by atoms with Gasteiger partial charge in [0.1, 0.15) is 12.8 Å². The van der Waals surface area contributed by atoms with Crippen molar-refractivity contribution in [2.24, 2.45) is 5.73 Å². The van der Waals surface area contributed by atoms with Gasteiger partial charge in [-0.05, 0) is 12.5 Å². The fraction of sp³-hybridized carbons (Fsp3) is 0.545. The van der Waals surface area contributed by atoms with Crippen LogP contribution in [0, 0.1) is 0 Å². The van der Waals surface area contributed by atoms with Crippen LogP contribution in [-0.2, 0) is 9.13 Å². The monoisotopic (exact) mass is 373 g/mol. The van der Waals surface area contributed by atoms with Crippen molar-refractivity contribution in [1.82, 2.24) is 0 Å². The highest BCUT2D eigenvalue weighted by molar-refractivity contribution is 7.72. The van der Waals surface area contributed by atoms with Gasteiger partial charge in [0.15, 0.2) is 12.7 Å². The maximum absolute atomic E-state index is 11.3. The number of allylic oxidation sites excluding steroid dienone is 2. The van der Waals surface area contributed by atoms with Crippen molar-refractivity contribution < 1.29 is 43.5 Å². The second-order valence-electron chi connectivity index (χ2n) is 4.88. The van der Waals surface area contributed by atoms with Crippen molar-refractivity contribution in [1.29, 1.82) is 0 Å². The molecule has 10 nitrogen and oxygen atoms in total. The summed E-state index contributed by atoms with van der Waals surface area (Å²) in [4.78, 5) is 36.4. The van der Waals surface area contributed by atoms with Crippen molar-refractivity contribution in [2.45, 2.75) is 24.5 Å². The van der Waals surface area contributed by atoms with Crippen molar-refractivity contribution in [3.8, 4) is 0 Å². The lowest BCUT2D eigenvalue weighted by Crippen LogP contribution is -2.29. The zero-order valence-electron chi connectivity index (χ0n) is 12.6. The van der Waals surface area contributed by atoms with E-state index in [2.05, 4.69) is 6.72 Å². The lowest BCUT2D eigenvalue weighted by Gasteiger charge is -2.29. The van der Waals surface area contributed by atoms with Gasteiger partial charge in [-0.1, -0.05) is 6.08 Å². The lowest BCUT2D eigenvalue weighted by molar-refractivity contribution is -0.458. The SMILES string of the molecule is C=[N+](/C=C\C(=C/C)CC(O)(P(=O)(O)O)P(=O)(O)O)CC(O)CN. The summed E-state index contributed by atoms with van der Waals surface area (Å²) in [6.45, 7) is 5.10. The molecule has 0 saturated heterocycles. The van der Waals surface area contributed by atoms with Crippen molar-refractivity contribution in [2.75, 3.05) is 13.1 Å². The predicted molar refractivity (Wildman–Crippen MR) is 83.9 cm³/mol. The molecule has 0 fully saturated rings. The van der Waals surface area contributed by atoms with Crippen LogP contribution < -0.4 is 5.73 Å². The molecule has 23 heavy (non-hydrogen) atoms. The van der Waals surface area contributed by atoms with Gasteiger partial charge < -0.3 is 35.5 Å². The first-order valence-corrected chi connectivity index (χ1v) is 9.63. The van der Waals surface area contributed by atoms with Crippen LogP contribution >= 0.6 is 15.2 Å². The molecule has 12 heteroatoms. The maximum atomic E-state index is 11.3. The topological polar surface area (TPSA) is 185 Å². The molecule has 0 aliphatic carbocycles. The Balaban J connectivity index is 5.32. The lowest BCUT2D eigenvalue weighted by atomic mass is 10.2. The minimum Gasteiger partial charge on any atom is -0.385 e. The minimum absolute atomic E-state index is 0.00645. The van der Waals surface area contributed by atoms with Crippen LogP contribution in [0.1, 0.15) is 13.3 Å². The highest BCUT2D eigenvalue weighted by Crippen LogP contribution is 2.69. The Hall–Kier alpha value is -0.670. The van der Waals surface area contributed by atoms with Crippen LogP contribution in [0.2, 0.25) is 0 Å². The molecule has 0 rings (SSSR count). The maximum Gasteiger partial charge on any atom is 0.369 e. The van der Waals surface area contributed by atoms with Gasteiger partial charge in [-0.25, -0.2) is 4.58 Å². The summed E-state index contributed by atoms with van der Waals surface area (Å²) < 4.78 is 23.9. The summed E-state index contributed by atoms with van der Waals surface area (Å²) in [7, 11) is -11.0. The molecule has 0 heterocycles. The highest BCUT2D eigenvalue weighted by Gasteiger charge is 2.59. The van der Waals surface area contributed by atoms with Gasteiger partial charge in [0, 0.05) is 19.0 Å². The number of rotatable bonds is 9. The molecule has 0 bridgehead atoms. The zero-order valence-corrected chi connectivity index (χ0v) is 14.3. The summed E-state index contributed by atoms with van der Waals surface area (Å²) in [5.74, 6) is 0. The smallest absolute Gasteiger partial charge is 0.369 e. The Morgan fingerprint density at radius 1 is 1.30 bits per heavy atom. The Kier molecular flexibility index (Phi) is 8.19. The molecule has 134 valence electrons. The van der Waals surface area contributed by atoms with E-state index in [-0.39, 0.29) is 18.7 Å². The largest absolute Gasteiger partial charge is 0.385 e. The first-order chi connectivity index (χ1) is 10.3. The van der Waals surface area contributed by atoms with Gasteiger partial charge in [0.25, 0.3) is 5.08 Å². The quantitative estimate of drug-likeness (QED) is 0.114. The third kappa shape index (κ3) is 6.39. The van der Waals surface area contributed by atoms with Crippen molar-refractivity contribution in [3.63, 3.8) is 0 Å². The average Bonchev–Trinajstić information content (AvgIpc) is 2.40. The van der Waals surface area contributed by atoms with Gasteiger partial charge in [-0.15, -0.1) is 0 Å². The average molecular weight is 373 g/mol. The van der Waals surface area contributed by atoms with Crippen LogP contribution in [0.5, 0.6) is 0 Å². The number of hydrogen-bond donors (Lipinski definition) is 7. The first kappa shape index (κ1) is 22.3. The number of aliphatic hydroxyl groups is 2. The number of nitrogens with zero attached hydrogens (tertiary/aromatic N) is 1. The van der Waals surface area contributed by atoms with E-state index in [4.69, 9.17) is 25.3 Å². The molecular formula is C11H23N2O8P2+. The van der Waals surface area contributed by atoms with Crippen LogP contribution in [0.4, 0.5) is 0 Å². The standard InChI is InChI=1S/C11H22N2O8P2/c1-3-9(4-5-13(2)8-10(14)7-12)6-11(15,22(16,17)18)23(19,20)21/h3-5,10,14-15H,2,6-8,12H2,1H3,(H3-,16,17,18,19,20,21)/p+1/b5-4-,9-3+. The van der Waals surface area contributed by atoms with Crippen LogP contribution in [0.15, 0.2) is 23.9 Å². The molecule has 0 aliphatic rings. The van der Waals surface area contributed by atoms with Gasteiger partial charge in [-0.3, -0.25) is 9.13 Å². The second kappa shape index (κ2) is 8.43. The van der Waals surface area contributed by atoms with E-state index in [0.29, 0.717) is 0 Å². The van der Waals surface area contributed by atoms with Gasteiger partial charge in [0.05, 0.1) is 0 Å². The van der Waals surface area contributed by atoms with Gasteiger partial charge in [-0.2, -0.15) is 0 Å². The van der Waals surface area contributed by atoms with Crippen molar-refractivity contribution in [3.05, 3.63) is 23.9 Å². The van der Waals surface area contributed by atoms with E-state index in [0.717, 1.165) is 0 Å². The summed E-state index contributed by atoms with van der Waals surface area (Å²) in [6, 6.07) is 0. The second-order valence-corrected chi connectivity index (χ2v) is 8.89.